The van der Waals surface area contributed by atoms with Crippen LogP contribution in [0.5, 0.6) is 0 Å². The molecule has 1 rings (SSSR count). The third kappa shape index (κ3) is 9.67. The predicted octanol–water partition coefficient (Wildman–Crippen LogP) is -3.67. The van der Waals surface area contributed by atoms with Gasteiger partial charge in [0.2, 0.25) is 11.8 Å². The van der Waals surface area contributed by atoms with Crippen molar-refractivity contribution in [2.45, 2.75) is 56.0 Å². The lowest BCUT2D eigenvalue weighted by Crippen LogP contribution is -2.68. The van der Waals surface area contributed by atoms with E-state index in [-0.39, 0.29) is 39.5 Å². The molecule has 1 aliphatic heterocycles. The molecule has 200 valence electrons. The zero-order chi connectivity index (χ0) is 26.4. The van der Waals surface area contributed by atoms with Crippen LogP contribution in [0.4, 0.5) is 0 Å². The Hall–Kier alpha value is -2.35. The highest BCUT2D eigenvalue weighted by Gasteiger charge is 2.55. The van der Waals surface area contributed by atoms with Gasteiger partial charge in [0.05, 0.1) is 44.7 Å². The smallest absolute Gasteiger partial charge is 0.364 e. The molecule has 0 spiro atoms. The number of aliphatic hydroxyl groups is 4. The van der Waals surface area contributed by atoms with Crippen LogP contribution in [0.1, 0.15) is 19.8 Å². The van der Waals surface area contributed by atoms with Gasteiger partial charge >= 0.3 is 5.97 Å². The maximum Gasteiger partial charge on any atom is 0.364 e. The Bertz CT molecular complexity index is 730. The number of carboxylic acids is 1. The van der Waals surface area contributed by atoms with E-state index in [0.717, 1.165) is 0 Å². The van der Waals surface area contributed by atoms with E-state index in [4.69, 9.17) is 30.5 Å². The molecule has 0 saturated carbocycles. The first-order valence-corrected chi connectivity index (χ1v) is 11.0. The number of hydrogen-bond donors (Lipinski definition) is 7. The van der Waals surface area contributed by atoms with Crippen LogP contribution in [0.2, 0.25) is 0 Å². The van der Waals surface area contributed by atoms with Gasteiger partial charge in [0.1, 0.15) is 25.4 Å². The molecule has 7 N–H and O–H groups in total. The highest BCUT2D eigenvalue weighted by Crippen LogP contribution is 2.33. The van der Waals surface area contributed by atoms with Crippen LogP contribution < -0.4 is 10.6 Å². The Morgan fingerprint density at radius 2 is 1.83 bits per heavy atom. The Labute approximate surface area is 202 Å². The molecule has 0 aliphatic carbocycles. The third-order valence-electron chi connectivity index (χ3n) is 5.05. The number of carboxylic acid groups (broad SMARTS) is 1. The first-order valence-electron chi connectivity index (χ1n) is 11.0. The van der Waals surface area contributed by atoms with Gasteiger partial charge in [0.15, 0.2) is 0 Å². The Morgan fingerprint density at radius 1 is 1.17 bits per heavy atom. The van der Waals surface area contributed by atoms with Gasteiger partial charge in [-0.05, 0) is 0 Å². The van der Waals surface area contributed by atoms with E-state index in [2.05, 4.69) is 16.6 Å². The Balaban J connectivity index is 2.95. The van der Waals surface area contributed by atoms with E-state index in [1.807, 2.05) is 0 Å². The first-order chi connectivity index (χ1) is 16.6. The fourth-order valence-corrected chi connectivity index (χ4v) is 3.25. The van der Waals surface area contributed by atoms with Crippen molar-refractivity contribution in [3.8, 4) is 12.3 Å². The topological polar surface area (TPSA) is 213 Å². The molecular formula is C21H34N2O12. The van der Waals surface area contributed by atoms with Gasteiger partial charge in [-0.3, -0.25) is 9.59 Å². The van der Waals surface area contributed by atoms with E-state index >= 15 is 0 Å². The van der Waals surface area contributed by atoms with Crippen LogP contribution in [0.25, 0.3) is 0 Å². The predicted molar refractivity (Wildman–Crippen MR) is 117 cm³/mol. The van der Waals surface area contributed by atoms with Crippen molar-refractivity contribution in [1.29, 1.82) is 0 Å². The molecule has 0 aromatic carbocycles. The molecule has 1 aliphatic rings. The molecule has 1 fully saturated rings. The minimum atomic E-state index is -2.46. The summed E-state index contributed by atoms with van der Waals surface area (Å²) < 4.78 is 21.2. The maximum atomic E-state index is 12.1. The van der Waals surface area contributed by atoms with E-state index < -0.39 is 73.6 Å². The van der Waals surface area contributed by atoms with E-state index in [9.17, 15) is 34.8 Å². The number of terminal acetylenes is 1. The third-order valence-corrected chi connectivity index (χ3v) is 5.05. The first kappa shape index (κ1) is 30.7. The number of aliphatic carboxylic acids is 1. The van der Waals surface area contributed by atoms with Gasteiger partial charge in [0, 0.05) is 19.4 Å². The lowest BCUT2D eigenvalue weighted by molar-refractivity contribution is -0.312. The maximum absolute atomic E-state index is 12.1. The molecule has 14 heteroatoms. The molecule has 1 saturated heterocycles. The molecular weight excluding hydrogens is 472 g/mol. The van der Waals surface area contributed by atoms with Crippen molar-refractivity contribution >= 4 is 17.8 Å². The van der Waals surface area contributed by atoms with Crippen LogP contribution in [-0.2, 0) is 33.3 Å². The molecule has 0 unspecified atom stereocenters. The molecule has 35 heavy (non-hydrogen) atoms. The summed E-state index contributed by atoms with van der Waals surface area (Å²) in [6.45, 7) is 0.310. The largest absolute Gasteiger partial charge is 0.477 e. The lowest BCUT2D eigenvalue weighted by atomic mass is 9.88. The van der Waals surface area contributed by atoms with Crippen molar-refractivity contribution in [1.82, 2.24) is 10.6 Å². The molecule has 0 radical (unpaired) electrons. The van der Waals surface area contributed by atoms with Crippen LogP contribution >= 0.6 is 0 Å². The average molecular weight is 507 g/mol. The number of hydrogen-bond acceptors (Lipinski definition) is 11. The number of amides is 2. The summed E-state index contributed by atoms with van der Waals surface area (Å²) in [5.41, 5.74) is 0. The second-order valence-electron chi connectivity index (χ2n) is 7.60. The summed E-state index contributed by atoms with van der Waals surface area (Å²) >= 11 is 0. The number of rotatable bonds is 16. The van der Waals surface area contributed by atoms with Gasteiger partial charge in [-0.2, -0.15) is 0 Å². The van der Waals surface area contributed by atoms with Crippen molar-refractivity contribution in [3.63, 3.8) is 0 Å². The summed E-state index contributed by atoms with van der Waals surface area (Å²) in [6.07, 6.45) is -2.35. The molecule has 6 atom stereocenters. The minimum Gasteiger partial charge on any atom is -0.477 e. The summed E-state index contributed by atoms with van der Waals surface area (Å²) in [5.74, 6) is -3.16. The molecule has 0 aromatic heterocycles. The van der Waals surface area contributed by atoms with Crippen molar-refractivity contribution in [2.24, 2.45) is 0 Å². The summed E-state index contributed by atoms with van der Waals surface area (Å²) in [6, 6.07) is -1.41. The van der Waals surface area contributed by atoms with Crippen molar-refractivity contribution < 1.29 is 58.9 Å². The normalized spacial score (nSPS) is 25.8. The number of ether oxygens (including phenoxy) is 4. The van der Waals surface area contributed by atoms with Gasteiger partial charge in [-0.1, -0.05) is 12.8 Å². The summed E-state index contributed by atoms with van der Waals surface area (Å²) in [4.78, 5) is 35.3. The van der Waals surface area contributed by atoms with Crippen molar-refractivity contribution in [3.05, 3.63) is 0 Å². The number of nitrogens with one attached hydrogen (secondary N) is 2. The van der Waals surface area contributed by atoms with E-state index in [1.165, 1.54) is 0 Å². The lowest BCUT2D eigenvalue weighted by Gasteiger charge is -2.46. The Kier molecular flexibility index (Phi) is 13.7. The quantitative estimate of drug-likeness (QED) is 0.0796. The van der Waals surface area contributed by atoms with Gasteiger partial charge in [-0.25, -0.2) is 4.79 Å². The molecule has 14 nitrogen and oxygen atoms in total. The number of carbonyl (C=O) groups excluding carboxylic acids is 2. The fourth-order valence-electron chi connectivity index (χ4n) is 3.25. The second-order valence-corrected chi connectivity index (χ2v) is 7.60. The van der Waals surface area contributed by atoms with Gasteiger partial charge in [0.25, 0.3) is 5.79 Å². The second kappa shape index (κ2) is 15.6. The van der Waals surface area contributed by atoms with Gasteiger partial charge in [-0.15, -0.1) is 6.42 Å². The number of carbonyl (C=O) groups is 3. The molecule has 1 heterocycles. The molecule has 0 bridgehead atoms. The average Bonchev–Trinajstić information content (AvgIpc) is 2.84. The highest BCUT2D eigenvalue weighted by molar-refractivity contribution is 5.78. The Morgan fingerprint density at radius 3 is 2.43 bits per heavy atom. The highest BCUT2D eigenvalue weighted by atomic mass is 16.7. The van der Waals surface area contributed by atoms with E-state index in [1.54, 1.807) is 6.92 Å². The van der Waals surface area contributed by atoms with Crippen molar-refractivity contribution in [2.75, 3.05) is 46.2 Å². The van der Waals surface area contributed by atoms with Crippen LogP contribution in [-0.4, -0.2) is 126 Å². The number of aliphatic hydroxyl groups excluding tert-OH is 4. The van der Waals surface area contributed by atoms with Crippen LogP contribution in [0.15, 0.2) is 0 Å². The zero-order valence-corrected chi connectivity index (χ0v) is 19.4. The fraction of sp³-hybridized carbons (Fsp3) is 0.762. The minimum absolute atomic E-state index is 0.0720. The van der Waals surface area contributed by atoms with Gasteiger partial charge < -0.3 is 55.1 Å². The zero-order valence-electron chi connectivity index (χ0n) is 19.4. The summed E-state index contributed by atoms with van der Waals surface area (Å²) in [7, 11) is 0. The van der Waals surface area contributed by atoms with E-state index in [0.29, 0.717) is 0 Å². The van der Waals surface area contributed by atoms with Crippen LogP contribution in [0.3, 0.4) is 0 Å². The summed E-state index contributed by atoms with van der Waals surface area (Å²) in [5, 5.41) is 55.1. The SMILES string of the molecule is C#CCOCCOCCO[C@]1(C(=O)O)C[C@H](O)[C@@H](NC(=O)CO)[C@H]([C@H](O)[C@H](O)CNC(=O)CC)O1. The molecule has 0 aromatic rings. The monoisotopic (exact) mass is 506 g/mol. The standard InChI is InChI=1S/C21H34N2O12/c1-3-5-32-6-7-33-8-9-34-21(20(30)31)10-13(25)17(23-16(28)12-24)19(35-21)18(29)14(26)11-22-15(27)4-2/h1,13-14,17-19,24-26,29H,4-12H2,2H3,(H,22,27)(H,23,28)(H,30,31)/t13-,14+,17+,18+,19+,21+/m0/s1. The molecule has 2 amide bonds. The van der Waals surface area contributed by atoms with Crippen LogP contribution in [0, 0.1) is 12.3 Å².